The fourth-order valence-corrected chi connectivity index (χ4v) is 4.37. The number of esters is 1. The van der Waals surface area contributed by atoms with Gasteiger partial charge < -0.3 is 19.1 Å². The number of hydrogen-bond donors (Lipinski definition) is 0. The van der Waals surface area contributed by atoms with Gasteiger partial charge in [-0.25, -0.2) is 0 Å². The number of nitrogens with zero attached hydrogens (tertiary/aromatic N) is 1. The fourth-order valence-electron chi connectivity index (χ4n) is 4.37. The van der Waals surface area contributed by atoms with Crippen molar-refractivity contribution >= 4 is 5.97 Å². The zero-order valence-corrected chi connectivity index (χ0v) is 14.4. The van der Waals surface area contributed by atoms with Crippen LogP contribution < -0.4 is 9.47 Å². The molecular formula is C19H23NO4. The van der Waals surface area contributed by atoms with Gasteiger partial charge in [0.25, 0.3) is 0 Å². The maximum absolute atomic E-state index is 11.3. The summed E-state index contributed by atoms with van der Waals surface area (Å²) in [7, 11) is 3.83. The van der Waals surface area contributed by atoms with E-state index in [1.165, 1.54) is 18.1 Å². The third-order valence-corrected chi connectivity index (χ3v) is 5.45. The molecule has 3 aliphatic rings. The van der Waals surface area contributed by atoms with Crippen molar-refractivity contribution < 1.29 is 19.0 Å². The molecule has 1 aromatic rings. The van der Waals surface area contributed by atoms with Crippen LogP contribution in [0.15, 0.2) is 24.3 Å². The van der Waals surface area contributed by atoms with E-state index in [2.05, 4.69) is 24.1 Å². The Hall–Kier alpha value is -2.01. The summed E-state index contributed by atoms with van der Waals surface area (Å²) in [5.41, 5.74) is 2.40. The molecule has 0 bridgehead atoms. The Morgan fingerprint density at radius 3 is 3.00 bits per heavy atom. The van der Waals surface area contributed by atoms with Crippen LogP contribution in [0.5, 0.6) is 11.5 Å². The van der Waals surface area contributed by atoms with Gasteiger partial charge in [0.1, 0.15) is 12.2 Å². The van der Waals surface area contributed by atoms with Crippen molar-refractivity contribution in [2.24, 2.45) is 0 Å². The number of carbonyl (C=O) groups is 1. The lowest BCUT2D eigenvalue weighted by atomic mass is 9.69. The molecular weight excluding hydrogens is 306 g/mol. The van der Waals surface area contributed by atoms with E-state index in [1.807, 2.05) is 12.1 Å². The molecule has 0 saturated heterocycles. The molecule has 1 spiro atoms. The van der Waals surface area contributed by atoms with E-state index in [-0.39, 0.29) is 23.6 Å². The number of ether oxygens (including phenoxy) is 3. The monoisotopic (exact) mass is 329 g/mol. The molecule has 0 radical (unpaired) electrons. The van der Waals surface area contributed by atoms with E-state index < -0.39 is 0 Å². The van der Waals surface area contributed by atoms with Crippen LogP contribution in [0.25, 0.3) is 0 Å². The highest BCUT2D eigenvalue weighted by Crippen LogP contribution is 2.55. The van der Waals surface area contributed by atoms with Gasteiger partial charge in [-0.2, -0.15) is 0 Å². The molecule has 128 valence electrons. The molecule has 0 N–H and O–H groups in total. The highest BCUT2D eigenvalue weighted by Gasteiger charge is 2.53. The Bertz CT molecular complexity index is 714. The van der Waals surface area contributed by atoms with Gasteiger partial charge in [0, 0.05) is 25.5 Å². The van der Waals surface area contributed by atoms with Crippen LogP contribution in [0.3, 0.4) is 0 Å². The standard InChI is InChI=1S/C19H23NO4/c1-12(21)23-14-6-7-19-8-9-20(2)11-13-4-5-15(22-3)18(17(13)19)24-16(19)10-14/h4-7,14,16H,8-11H2,1-3H3/t14-,16+,19?/m1/s1. The van der Waals surface area contributed by atoms with Crippen LogP contribution in [-0.4, -0.2) is 43.8 Å². The lowest BCUT2D eigenvalue weighted by Gasteiger charge is -2.36. The largest absolute Gasteiger partial charge is 0.493 e. The van der Waals surface area contributed by atoms with Gasteiger partial charge in [-0.1, -0.05) is 12.1 Å². The highest BCUT2D eigenvalue weighted by molar-refractivity contribution is 5.66. The Balaban J connectivity index is 1.82. The van der Waals surface area contributed by atoms with Crippen molar-refractivity contribution in [2.75, 3.05) is 20.7 Å². The smallest absolute Gasteiger partial charge is 0.303 e. The number of methoxy groups -OCH3 is 1. The van der Waals surface area contributed by atoms with Gasteiger partial charge in [0.2, 0.25) is 0 Å². The number of carbonyl (C=O) groups excluding carboxylic acids is 1. The highest BCUT2D eigenvalue weighted by atomic mass is 16.5. The van der Waals surface area contributed by atoms with Crippen LogP contribution in [0.2, 0.25) is 0 Å². The molecule has 1 unspecified atom stereocenters. The Morgan fingerprint density at radius 2 is 2.25 bits per heavy atom. The summed E-state index contributed by atoms with van der Waals surface area (Å²) in [4.78, 5) is 13.7. The predicted molar refractivity (Wildman–Crippen MR) is 89.4 cm³/mol. The van der Waals surface area contributed by atoms with Crippen molar-refractivity contribution in [3.63, 3.8) is 0 Å². The van der Waals surface area contributed by atoms with Gasteiger partial charge in [-0.15, -0.1) is 0 Å². The topological polar surface area (TPSA) is 48.0 Å². The van der Waals surface area contributed by atoms with Crippen molar-refractivity contribution in [3.8, 4) is 11.5 Å². The predicted octanol–water partition coefficient (Wildman–Crippen LogP) is 2.42. The molecule has 3 atom stereocenters. The van der Waals surface area contributed by atoms with Crippen molar-refractivity contribution in [2.45, 2.75) is 43.9 Å². The van der Waals surface area contributed by atoms with E-state index in [9.17, 15) is 4.79 Å². The maximum Gasteiger partial charge on any atom is 0.303 e. The zero-order valence-electron chi connectivity index (χ0n) is 14.4. The molecule has 2 heterocycles. The Labute approximate surface area is 142 Å². The van der Waals surface area contributed by atoms with Crippen LogP contribution in [0.4, 0.5) is 0 Å². The molecule has 0 fully saturated rings. The number of hydrogen-bond acceptors (Lipinski definition) is 5. The van der Waals surface area contributed by atoms with Crippen LogP contribution in [0.1, 0.15) is 30.9 Å². The first-order valence-corrected chi connectivity index (χ1v) is 8.45. The van der Waals surface area contributed by atoms with Gasteiger partial charge in [-0.05, 0) is 37.7 Å². The molecule has 5 nitrogen and oxygen atoms in total. The second-order valence-electron chi connectivity index (χ2n) is 7.01. The van der Waals surface area contributed by atoms with E-state index in [0.717, 1.165) is 31.0 Å². The second kappa shape index (κ2) is 5.52. The summed E-state index contributed by atoms with van der Waals surface area (Å²) >= 11 is 0. The molecule has 5 heteroatoms. The lowest BCUT2D eigenvalue weighted by Crippen LogP contribution is -2.43. The molecule has 4 rings (SSSR count). The minimum Gasteiger partial charge on any atom is -0.493 e. The first-order chi connectivity index (χ1) is 11.5. The first-order valence-electron chi connectivity index (χ1n) is 8.45. The van der Waals surface area contributed by atoms with E-state index >= 15 is 0 Å². The summed E-state index contributed by atoms with van der Waals surface area (Å²) in [5, 5.41) is 0. The molecule has 0 amide bonds. The zero-order chi connectivity index (χ0) is 16.9. The summed E-state index contributed by atoms with van der Waals surface area (Å²) in [6.07, 6.45) is 5.67. The summed E-state index contributed by atoms with van der Waals surface area (Å²) in [5.74, 6) is 1.39. The quantitative estimate of drug-likeness (QED) is 0.616. The van der Waals surface area contributed by atoms with Crippen LogP contribution in [0, 0.1) is 0 Å². The molecule has 0 aromatic heterocycles. The first kappa shape index (κ1) is 15.5. The Kier molecular flexibility index (Phi) is 3.57. The molecule has 1 aliphatic carbocycles. The number of rotatable bonds is 2. The summed E-state index contributed by atoms with van der Waals surface area (Å²) in [6, 6.07) is 4.14. The summed E-state index contributed by atoms with van der Waals surface area (Å²) < 4.78 is 17.3. The fraction of sp³-hybridized carbons (Fsp3) is 0.526. The lowest BCUT2D eigenvalue weighted by molar-refractivity contribution is -0.145. The average molecular weight is 329 g/mol. The van der Waals surface area contributed by atoms with Crippen molar-refractivity contribution in [3.05, 3.63) is 35.4 Å². The van der Waals surface area contributed by atoms with Gasteiger partial charge in [0.05, 0.1) is 12.5 Å². The van der Waals surface area contributed by atoms with Gasteiger partial charge >= 0.3 is 5.97 Å². The third-order valence-electron chi connectivity index (χ3n) is 5.45. The number of benzene rings is 1. The molecule has 0 saturated carbocycles. The molecule has 24 heavy (non-hydrogen) atoms. The van der Waals surface area contributed by atoms with E-state index in [0.29, 0.717) is 6.42 Å². The molecule has 2 aliphatic heterocycles. The maximum atomic E-state index is 11.3. The van der Waals surface area contributed by atoms with Crippen LogP contribution >= 0.6 is 0 Å². The molecule has 1 aromatic carbocycles. The SMILES string of the molecule is COc1ccc2c3c1O[C@H]1C[C@H](OC(C)=O)C=CC31CCN(C)C2. The van der Waals surface area contributed by atoms with Crippen molar-refractivity contribution in [1.82, 2.24) is 4.90 Å². The Morgan fingerprint density at radius 1 is 1.42 bits per heavy atom. The van der Waals surface area contributed by atoms with Gasteiger partial charge in [0.15, 0.2) is 11.5 Å². The van der Waals surface area contributed by atoms with Crippen LogP contribution in [-0.2, 0) is 21.5 Å². The average Bonchev–Trinajstić information content (AvgIpc) is 2.80. The minimum absolute atomic E-state index is 0.0246. The van der Waals surface area contributed by atoms with Gasteiger partial charge in [-0.3, -0.25) is 4.79 Å². The summed E-state index contributed by atoms with van der Waals surface area (Å²) in [6.45, 7) is 3.36. The van der Waals surface area contributed by atoms with E-state index in [1.54, 1.807) is 7.11 Å². The van der Waals surface area contributed by atoms with E-state index in [4.69, 9.17) is 14.2 Å². The third kappa shape index (κ3) is 2.22. The normalized spacial score (nSPS) is 30.8. The van der Waals surface area contributed by atoms with Crippen molar-refractivity contribution in [1.29, 1.82) is 0 Å². The second-order valence-corrected chi connectivity index (χ2v) is 7.01. The minimum atomic E-state index is -0.255.